The van der Waals surface area contributed by atoms with Crippen molar-refractivity contribution in [2.75, 3.05) is 0 Å². The molecule has 2 aliphatic heterocycles. The Morgan fingerprint density at radius 3 is 2.50 bits per heavy atom. The van der Waals surface area contributed by atoms with Crippen molar-refractivity contribution in [3.63, 3.8) is 0 Å². The predicted molar refractivity (Wildman–Crippen MR) is 74.9 cm³/mol. The Kier molecular flexibility index (Phi) is 4.48. The Balaban J connectivity index is 1.90. The summed E-state index contributed by atoms with van der Waals surface area (Å²) in [4.78, 5) is 0. The van der Waals surface area contributed by atoms with Crippen LogP contribution in [0.25, 0.3) is 0 Å². The van der Waals surface area contributed by atoms with Crippen molar-refractivity contribution >= 4 is 0 Å². The molecule has 0 amide bonds. The van der Waals surface area contributed by atoms with E-state index in [0.717, 1.165) is 24.2 Å². The molecule has 0 unspecified atom stereocenters. The summed E-state index contributed by atoms with van der Waals surface area (Å²) >= 11 is 0. The topological polar surface area (TPSA) is 47.3 Å². The molecule has 2 bridgehead atoms. The summed E-state index contributed by atoms with van der Waals surface area (Å²) in [6.45, 7) is 5.79. The first-order valence-corrected chi connectivity index (χ1v) is 6.85. The Hall–Kier alpha value is -1.22. The monoisotopic (exact) mass is 248 g/mol. The molecule has 18 heavy (non-hydrogen) atoms. The van der Waals surface area contributed by atoms with Gasteiger partial charge in [-0.3, -0.25) is 0 Å². The lowest BCUT2D eigenvalue weighted by Crippen LogP contribution is -2.50. The van der Waals surface area contributed by atoms with Crippen molar-refractivity contribution in [2.45, 2.75) is 57.2 Å². The number of ether oxygens (including phenoxy) is 1. The van der Waals surface area contributed by atoms with Crippen LogP contribution in [0.4, 0.5) is 0 Å². The minimum absolute atomic E-state index is 0.297. The minimum atomic E-state index is 0.297. The maximum atomic E-state index is 6.00. The molecule has 2 rings (SSSR count). The van der Waals surface area contributed by atoms with Crippen LogP contribution < -0.4 is 11.1 Å². The smallest absolute Gasteiger partial charge is 0.135 e. The van der Waals surface area contributed by atoms with Gasteiger partial charge in [-0.15, -0.1) is 0 Å². The van der Waals surface area contributed by atoms with Gasteiger partial charge in [0.1, 0.15) is 11.9 Å². The molecule has 0 aromatic heterocycles. The highest BCUT2D eigenvalue weighted by atomic mass is 16.5. The molecular formula is C15H24N2O. The third-order valence-electron chi connectivity index (χ3n) is 3.67. The largest absolute Gasteiger partial charge is 0.489 e. The highest BCUT2D eigenvalue weighted by Gasteiger charge is 2.32. The predicted octanol–water partition coefficient (Wildman–Crippen LogP) is 2.61. The number of allylic oxidation sites excluding steroid dienone is 3. The molecule has 2 saturated heterocycles. The second kappa shape index (κ2) is 6.10. The van der Waals surface area contributed by atoms with Gasteiger partial charge in [0.15, 0.2) is 0 Å². The molecule has 0 aromatic rings. The van der Waals surface area contributed by atoms with Crippen molar-refractivity contribution < 1.29 is 4.74 Å². The van der Waals surface area contributed by atoms with Crippen molar-refractivity contribution in [2.24, 2.45) is 5.73 Å². The standard InChI is InChI=1S/C15H24N2O/c1-11(2)6-7-14(10-16)18-15-8-12-4-3-5-13(9-15)17-12/h6-7,10,12-13,15,17H,1,3-5,8-9,16H2,2H3/b7-6-,14-10+/t12-,13+,15-. The normalized spacial score (nSPS) is 32.5. The van der Waals surface area contributed by atoms with E-state index < -0.39 is 0 Å². The van der Waals surface area contributed by atoms with Gasteiger partial charge in [0, 0.05) is 18.3 Å². The molecule has 100 valence electrons. The van der Waals surface area contributed by atoms with E-state index in [1.54, 1.807) is 0 Å². The lowest BCUT2D eigenvalue weighted by Gasteiger charge is -2.40. The summed E-state index contributed by atoms with van der Waals surface area (Å²) in [5, 5.41) is 3.66. The van der Waals surface area contributed by atoms with Crippen LogP contribution in [0.1, 0.15) is 39.0 Å². The fourth-order valence-electron chi connectivity index (χ4n) is 2.86. The first-order chi connectivity index (χ1) is 8.67. The molecule has 0 spiro atoms. The fraction of sp³-hybridized carbons (Fsp3) is 0.600. The number of hydrogen-bond acceptors (Lipinski definition) is 3. The fourth-order valence-corrected chi connectivity index (χ4v) is 2.86. The van der Waals surface area contributed by atoms with Crippen LogP contribution in [-0.2, 0) is 4.74 Å². The van der Waals surface area contributed by atoms with Crippen LogP contribution >= 0.6 is 0 Å². The van der Waals surface area contributed by atoms with Crippen molar-refractivity contribution in [3.8, 4) is 0 Å². The van der Waals surface area contributed by atoms with Gasteiger partial charge < -0.3 is 15.8 Å². The molecule has 2 heterocycles. The number of fused-ring (bicyclic) bond motifs is 2. The van der Waals surface area contributed by atoms with Crippen molar-refractivity contribution in [1.29, 1.82) is 0 Å². The quantitative estimate of drug-likeness (QED) is 0.594. The first kappa shape index (κ1) is 13.2. The number of hydrogen-bond donors (Lipinski definition) is 2. The molecule has 0 aromatic carbocycles. The summed E-state index contributed by atoms with van der Waals surface area (Å²) in [6.07, 6.45) is 11.8. The van der Waals surface area contributed by atoms with Gasteiger partial charge in [0.05, 0.1) is 0 Å². The third-order valence-corrected chi connectivity index (χ3v) is 3.67. The van der Waals surface area contributed by atoms with Crippen LogP contribution in [0.15, 0.2) is 36.3 Å². The minimum Gasteiger partial charge on any atom is -0.489 e. The van der Waals surface area contributed by atoms with Gasteiger partial charge in [-0.2, -0.15) is 0 Å². The van der Waals surface area contributed by atoms with Crippen LogP contribution in [0, 0.1) is 0 Å². The number of nitrogens with two attached hydrogens (primary N) is 1. The highest BCUT2D eigenvalue weighted by Crippen LogP contribution is 2.28. The highest BCUT2D eigenvalue weighted by molar-refractivity contribution is 5.21. The number of piperidine rings is 2. The zero-order valence-corrected chi connectivity index (χ0v) is 11.2. The molecule has 0 aliphatic carbocycles. The third kappa shape index (κ3) is 3.64. The van der Waals surface area contributed by atoms with Crippen molar-refractivity contribution in [1.82, 2.24) is 5.32 Å². The van der Waals surface area contributed by atoms with E-state index in [1.807, 2.05) is 19.1 Å². The van der Waals surface area contributed by atoms with Gasteiger partial charge in [-0.1, -0.05) is 24.6 Å². The SMILES string of the molecule is C=C(C)/C=C\C(=C/N)O[C@@H]1C[C@H]2CCC[C@@H](C1)N2. The summed E-state index contributed by atoms with van der Waals surface area (Å²) in [7, 11) is 0. The molecule has 0 radical (unpaired) electrons. The zero-order valence-electron chi connectivity index (χ0n) is 11.2. The van der Waals surface area contributed by atoms with Gasteiger partial charge in [0.25, 0.3) is 0 Å². The van der Waals surface area contributed by atoms with Crippen LogP contribution in [0.2, 0.25) is 0 Å². The Bertz CT molecular complexity index is 348. The van der Waals surface area contributed by atoms with E-state index in [1.165, 1.54) is 25.5 Å². The lowest BCUT2D eigenvalue weighted by molar-refractivity contribution is 0.0471. The van der Waals surface area contributed by atoms with E-state index in [9.17, 15) is 0 Å². The zero-order chi connectivity index (χ0) is 13.0. The van der Waals surface area contributed by atoms with E-state index in [4.69, 9.17) is 10.5 Å². The second-order valence-corrected chi connectivity index (χ2v) is 5.45. The summed E-state index contributed by atoms with van der Waals surface area (Å²) in [6, 6.07) is 1.26. The maximum Gasteiger partial charge on any atom is 0.135 e. The molecule has 2 fully saturated rings. The van der Waals surface area contributed by atoms with E-state index >= 15 is 0 Å². The van der Waals surface area contributed by atoms with Crippen LogP contribution in [-0.4, -0.2) is 18.2 Å². The molecular weight excluding hydrogens is 224 g/mol. The van der Waals surface area contributed by atoms with Crippen LogP contribution in [0.5, 0.6) is 0 Å². The van der Waals surface area contributed by atoms with E-state index in [-0.39, 0.29) is 0 Å². The average molecular weight is 248 g/mol. The van der Waals surface area contributed by atoms with Crippen molar-refractivity contribution in [3.05, 3.63) is 36.3 Å². The molecule has 3 nitrogen and oxygen atoms in total. The van der Waals surface area contributed by atoms with Gasteiger partial charge in [-0.05, 0) is 38.7 Å². The molecule has 3 atom stereocenters. The second-order valence-electron chi connectivity index (χ2n) is 5.45. The summed E-state index contributed by atoms with van der Waals surface area (Å²) in [5.74, 6) is 0.753. The van der Waals surface area contributed by atoms with Gasteiger partial charge >= 0.3 is 0 Å². The lowest BCUT2D eigenvalue weighted by atomic mass is 9.85. The van der Waals surface area contributed by atoms with E-state index in [0.29, 0.717) is 18.2 Å². The number of nitrogens with one attached hydrogen (secondary N) is 1. The molecule has 3 N–H and O–H groups in total. The van der Waals surface area contributed by atoms with E-state index in [2.05, 4.69) is 11.9 Å². The van der Waals surface area contributed by atoms with Gasteiger partial charge in [-0.25, -0.2) is 0 Å². The Morgan fingerprint density at radius 1 is 1.28 bits per heavy atom. The molecule has 3 heteroatoms. The maximum absolute atomic E-state index is 6.00. The molecule has 0 saturated carbocycles. The average Bonchev–Trinajstić information content (AvgIpc) is 2.34. The summed E-state index contributed by atoms with van der Waals surface area (Å²) in [5.41, 5.74) is 6.61. The Labute approximate surface area is 110 Å². The molecule has 2 aliphatic rings. The van der Waals surface area contributed by atoms with Crippen LogP contribution in [0.3, 0.4) is 0 Å². The van der Waals surface area contributed by atoms with Gasteiger partial charge in [0.2, 0.25) is 0 Å². The first-order valence-electron chi connectivity index (χ1n) is 6.85. The number of rotatable bonds is 4. The Morgan fingerprint density at radius 2 is 1.94 bits per heavy atom. The summed E-state index contributed by atoms with van der Waals surface area (Å²) < 4.78 is 6.00.